The van der Waals surface area contributed by atoms with Crippen LogP contribution in [0.4, 0.5) is 5.69 Å². The van der Waals surface area contributed by atoms with Crippen LogP contribution in [0.1, 0.15) is 5.56 Å². The van der Waals surface area contributed by atoms with Gasteiger partial charge in [0.1, 0.15) is 5.01 Å². The second-order valence-electron chi connectivity index (χ2n) is 4.57. The van der Waals surface area contributed by atoms with Crippen LogP contribution < -0.4 is 11.5 Å². The highest BCUT2D eigenvalue weighted by atomic mass is 32.1. The molecular formula is C15H14N4S. The summed E-state index contributed by atoms with van der Waals surface area (Å²) < 4.78 is 1.20. The Kier molecular flexibility index (Phi) is 3.12. The van der Waals surface area contributed by atoms with Gasteiger partial charge in [0, 0.05) is 5.56 Å². The smallest absolute Gasteiger partial charge is 0.191 e. The number of hydrogen-bond donors (Lipinski definition) is 2. The van der Waals surface area contributed by atoms with Crippen LogP contribution in [0.5, 0.6) is 0 Å². The number of fused-ring (bicyclic) bond motifs is 1. The van der Waals surface area contributed by atoms with Crippen molar-refractivity contribution in [1.82, 2.24) is 4.98 Å². The number of thiazole rings is 1. The molecule has 0 saturated carbocycles. The van der Waals surface area contributed by atoms with E-state index in [4.69, 9.17) is 11.5 Å². The van der Waals surface area contributed by atoms with Crippen molar-refractivity contribution in [2.75, 3.05) is 0 Å². The summed E-state index contributed by atoms with van der Waals surface area (Å²) in [5.74, 6) is 0.0632. The summed E-state index contributed by atoms with van der Waals surface area (Å²) >= 11 is 1.69. The first-order valence-corrected chi connectivity index (χ1v) is 7.01. The van der Waals surface area contributed by atoms with Gasteiger partial charge in [0.25, 0.3) is 0 Å². The highest BCUT2D eigenvalue weighted by molar-refractivity contribution is 7.21. The van der Waals surface area contributed by atoms with Crippen molar-refractivity contribution in [3.63, 3.8) is 0 Å². The van der Waals surface area contributed by atoms with Crippen molar-refractivity contribution >= 4 is 33.2 Å². The Balaban J connectivity index is 2.00. The van der Waals surface area contributed by atoms with Crippen LogP contribution >= 0.6 is 11.3 Å². The highest BCUT2D eigenvalue weighted by Gasteiger charge is 2.06. The van der Waals surface area contributed by atoms with Gasteiger partial charge in [-0.2, -0.15) is 0 Å². The van der Waals surface area contributed by atoms with Crippen LogP contribution in [0.2, 0.25) is 0 Å². The Morgan fingerprint density at radius 2 is 1.85 bits per heavy atom. The maximum atomic E-state index is 5.36. The third-order valence-corrected chi connectivity index (χ3v) is 3.98. The molecule has 0 unspecified atom stereocenters. The number of rotatable bonds is 2. The van der Waals surface area contributed by atoms with Crippen LogP contribution in [-0.2, 0) is 0 Å². The lowest BCUT2D eigenvalue weighted by molar-refractivity contribution is 1.41. The van der Waals surface area contributed by atoms with Crippen LogP contribution in [-0.4, -0.2) is 10.9 Å². The quantitative estimate of drug-likeness (QED) is 0.560. The van der Waals surface area contributed by atoms with E-state index in [1.54, 1.807) is 11.3 Å². The number of nitrogens with two attached hydrogens (primary N) is 2. The largest absolute Gasteiger partial charge is 0.370 e. The lowest BCUT2D eigenvalue weighted by Crippen LogP contribution is -2.21. The molecule has 0 fully saturated rings. The third kappa shape index (κ3) is 2.48. The second kappa shape index (κ2) is 4.94. The van der Waals surface area contributed by atoms with E-state index >= 15 is 0 Å². The number of aromatic nitrogens is 1. The molecule has 0 saturated heterocycles. The standard InChI is InChI=1S/C15H14N4S/c1-9-2-7-12-13(8-9)20-14(19-12)10-3-5-11(6-4-10)18-15(16)17/h2-8H,1H3,(H4,16,17,18). The van der Waals surface area contributed by atoms with Gasteiger partial charge >= 0.3 is 0 Å². The van der Waals surface area contributed by atoms with Crippen LogP contribution in [0.3, 0.4) is 0 Å². The van der Waals surface area contributed by atoms with E-state index in [-0.39, 0.29) is 5.96 Å². The van der Waals surface area contributed by atoms with Crippen molar-refractivity contribution in [3.8, 4) is 10.6 Å². The molecule has 0 aliphatic carbocycles. The molecule has 20 heavy (non-hydrogen) atoms. The van der Waals surface area contributed by atoms with E-state index in [2.05, 4.69) is 35.1 Å². The summed E-state index contributed by atoms with van der Waals surface area (Å²) in [6.07, 6.45) is 0. The van der Waals surface area contributed by atoms with Gasteiger partial charge in [-0.1, -0.05) is 6.07 Å². The molecule has 0 spiro atoms. The van der Waals surface area contributed by atoms with Crippen molar-refractivity contribution < 1.29 is 0 Å². The zero-order valence-corrected chi connectivity index (χ0v) is 11.8. The van der Waals surface area contributed by atoms with Crippen molar-refractivity contribution in [2.45, 2.75) is 6.92 Å². The van der Waals surface area contributed by atoms with Crippen LogP contribution in [0.15, 0.2) is 47.5 Å². The van der Waals surface area contributed by atoms with Crippen molar-refractivity contribution in [3.05, 3.63) is 48.0 Å². The fourth-order valence-electron chi connectivity index (χ4n) is 1.98. The molecule has 0 amide bonds. The van der Waals surface area contributed by atoms with Crippen LogP contribution in [0.25, 0.3) is 20.8 Å². The Labute approximate surface area is 120 Å². The van der Waals surface area contributed by atoms with Gasteiger partial charge < -0.3 is 11.5 Å². The molecule has 0 bridgehead atoms. The summed E-state index contributed by atoms with van der Waals surface area (Å²) in [7, 11) is 0. The van der Waals surface area contributed by atoms with Gasteiger partial charge in [-0.05, 0) is 48.9 Å². The van der Waals surface area contributed by atoms with E-state index in [1.807, 2.05) is 24.3 Å². The summed E-state index contributed by atoms with van der Waals surface area (Å²) in [5, 5.41) is 1.00. The molecule has 3 aromatic rings. The number of aliphatic imine (C=N–C) groups is 1. The predicted molar refractivity (Wildman–Crippen MR) is 85.3 cm³/mol. The van der Waals surface area contributed by atoms with E-state index in [9.17, 15) is 0 Å². The summed E-state index contributed by atoms with van der Waals surface area (Å²) in [6, 6.07) is 14.0. The molecule has 5 heteroatoms. The zero-order chi connectivity index (χ0) is 14.1. The summed E-state index contributed by atoms with van der Waals surface area (Å²) in [5.41, 5.74) is 14.8. The normalized spacial score (nSPS) is 10.7. The minimum Gasteiger partial charge on any atom is -0.370 e. The van der Waals surface area contributed by atoms with E-state index in [0.717, 1.165) is 21.8 Å². The molecule has 0 atom stereocenters. The molecule has 4 N–H and O–H groups in total. The first-order chi connectivity index (χ1) is 9.61. The molecule has 1 aromatic heterocycles. The number of benzene rings is 2. The van der Waals surface area contributed by atoms with Gasteiger partial charge in [-0.15, -0.1) is 11.3 Å². The fraction of sp³-hybridized carbons (Fsp3) is 0.0667. The molecule has 100 valence electrons. The Morgan fingerprint density at radius 3 is 2.55 bits per heavy atom. The van der Waals surface area contributed by atoms with Gasteiger partial charge in [-0.3, -0.25) is 0 Å². The molecule has 3 rings (SSSR count). The average Bonchev–Trinajstić information content (AvgIpc) is 2.81. The summed E-state index contributed by atoms with van der Waals surface area (Å²) in [4.78, 5) is 8.65. The van der Waals surface area contributed by atoms with E-state index < -0.39 is 0 Å². The minimum absolute atomic E-state index is 0.0632. The second-order valence-corrected chi connectivity index (χ2v) is 5.60. The SMILES string of the molecule is Cc1ccc2nc(-c3ccc(N=C(N)N)cc3)sc2c1. The van der Waals surface area contributed by atoms with Gasteiger partial charge in [0.15, 0.2) is 5.96 Å². The Bertz CT molecular complexity index is 783. The molecule has 2 aromatic carbocycles. The number of hydrogen-bond acceptors (Lipinski definition) is 3. The lowest BCUT2D eigenvalue weighted by atomic mass is 10.2. The minimum atomic E-state index is 0.0632. The zero-order valence-electron chi connectivity index (χ0n) is 11.0. The molecule has 4 nitrogen and oxygen atoms in total. The number of nitrogens with zero attached hydrogens (tertiary/aromatic N) is 2. The summed E-state index contributed by atoms with van der Waals surface area (Å²) in [6.45, 7) is 2.09. The monoisotopic (exact) mass is 282 g/mol. The average molecular weight is 282 g/mol. The Hall–Kier alpha value is -2.40. The third-order valence-electron chi connectivity index (χ3n) is 2.92. The topological polar surface area (TPSA) is 77.3 Å². The molecular weight excluding hydrogens is 268 g/mol. The molecule has 0 radical (unpaired) electrons. The predicted octanol–water partition coefficient (Wildman–Crippen LogP) is 3.18. The maximum Gasteiger partial charge on any atom is 0.191 e. The van der Waals surface area contributed by atoms with Gasteiger partial charge in [0.2, 0.25) is 0 Å². The fourth-order valence-corrected chi connectivity index (χ4v) is 3.05. The number of guanidine groups is 1. The van der Waals surface area contributed by atoms with E-state index in [0.29, 0.717) is 0 Å². The molecule has 0 aliphatic heterocycles. The first kappa shape index (κ1) is 12.6. The highest BCUT2D eigenvalue weighted by Crippen LogP contribution is 2.31. The maximum absolute atomic E-state index is 5.36. The van der Waals surface area contributed by atoms with Crippen LogP contribution in [0, 0.1) is 6.92 Å². The van der Waals surface area contributed by atoms with E-state index in [1.165, 1.54) is 10.3 Å². The van der Waals surface area contributed by atoms with Gasteiger partial charge in [-0.25, -0.2) is 9.98 Å². The Morgan fingerprint density at radius 1 is 1.10 bits per heavy atom. The van der Waals surface area contributed by atoms with Crippen molar-refractivity contribution in [1.29, 1.82) is 0 Å². The lowest BCUT2D eigenvalue weighted by Gasteiger charge is -1.97. The molecule has 1 heterocycles. The molecule has 0 aliphatic rings. The first-order valence-electron chi connectivity index (χ1n) is 6.19. The number of aryl methyl sites for hydroxylation is 1. The van der Waals surface area contributed by atoms with Gasteiger partial charge in [0.05, 0.1) is 15.9 Å². The van der Waals surface area contributed by atoms with Crippen molar-refractivity contribution in [2.24, 2.45) is 16.5 Å².